The van der Waals surface area contributed by atoms with Gasteiger partial charge < -0.3 is 9.84 Å². The van der Waals surface area contributed by atoms with E-state index in [-0.39, 0.29) is 5.57 Å². The Morgan fingerprint density at radius 2 is 1.87 bits per heavy atom. The van der Waals surface area contributed by atoms with Crippen LogP contribution in [0.15, 0.2) is 36.4 Å². The average Bonchev–Trinajstić information content (AvgIpc) is 2.26. The maximum atomic E-state index is 10.9. The molecule has 78 valence electrons. The van der Waals surface area contributed by atoms with Crippen LogP contribution in [-0.4, -0.2) is 24.2 Å². The first-order chi connectivity index (χ1) is 7.15. The van der Waals surface area contributed by atoms with Crippen molar-refractivity contribution in [3.8, 4) is 0 Å². The van der Waals surface area contributed by atoms with Gasteiger partial charge in [0.25, 0.3) is 0 Å². The largest absolute Gasteiger partial charge is 0.478 e. The van der Waals surface area contributed by atoms with E-state index >= 15 is 0 Å². The molecule has 4 heteroatoms. The van der Waals surface area contributed by atoms with Crippen molar-refractivity contribution in [3.63, 3.8) is 0 Å². The van der Waals surface area contributed by atoms with Crippen molar-refractivity contribution in [3.05, 3.63) is 42.0 Å². The summed E-state index contributed by atoms with van der Waals surface area (Å²) < 4.78 is 4.37. The first-order valence-electron chi connectivity index (χ1n) is 4.23. The van der Waals surface area contributed by atoms with Crippen LogP contribution < -0.4 is 0 Å². The van der Waals surface area contributed by atoms with E-state index in [9.17, 15) is 9.59 Å². The summed E-state index contributed by atoms with van der Waals surface area (Å²) in [5.41, 5.74) is 0.387. The van der Waals surface area contributed by atoms with Crippen LogP contribution in [0.1, 0.15) is 5.56 Å². The summed E-state index contributed by atoms with van der Waals surface area (Å²) in [6.07, 6.45) is 0.956. The maximum Gasteiger partial charge on any atom is 0.336 e. The fraction of sp³-hybridized carbons (Fsp3) is 0.0909. The first kappa shape index (κ1) is 11.0. The number of benzene rings is 1. The Kier molecular flexibility index (Phi) is 3.62. The molecule has 0 aliphatic heterocycles. The molecule has 0 spiro atoms. The SMILES string of the molecule is COC(=O)C=C(C(=O)O)c1ccccc1. The van der Waals surface area contributed by atoms with Crippen molar-refractivity contribution in [2.75, 3.05) is 7.11 Å². The van der Waals surface area contributed by atoms with Crippen LogP contribution in [-0.2, 0) is 14.3 Å². The van der Waals surface area contributed by atoms with E-state index in [0.717, 1.165) is 6.08 Å². The van der Waals surface area contributed by atoms with Crippen molar-refractivity contribution < 1.29 is 19.4 Å². The summed E-state index contributed by atoms with van der Waals surface area (Å²) in [6, 6.07) is 8.39. The predicted molar refractivity (Wildman–Crippen MR) is 54.1 cm³/mol. The number of carbonyl (C=O) groups is 2. The summed E-state index contributed by atoms with van der Waals surface area (Å²) in [4.78, 5) is 21.8. The van der Waals surface area contributed by atoms with Crippen LogP contribution in [0.25, 0.3) is 5.57 Å². The van der Waals surface area contributed by atoms with Gasteiger partial charge in [-0.1, -0.05) is 30.3 Å². The Balaban J connectivity index is 3.10. The molecule has 0 saturated heterocycles. The molecule has 0 fully saturated rings. The first-order valence-corrected chi connectivity index (χ1v) is 4.23. The van der Waals surface area contributed by atoms with Crippen LogP contribution in [0.3, 0.4) is 0 Å². The number of methoxy groups -OCH3 is 1. The lowest BCUT2D eigenvalue weighted by Gasteiger charge is -2.01. The fourth-order valence-corrected chi connectivity index (χ4v) is 1.06. The van der Waals surface area contributed by atoms with Gasteiger partial charge in [0.1, 0.15) is 0 Å². The lowest BCUT2D eigenvalue weighted by molar-refractivity contribution is -0.135. The minimum atomic E-state index is -1.16. The van der Waals surface area contributed by atoms with Gasteiger partial charge in [0, 0.05) is 6.08 Å². The van der Waals surface area contributed by atoms with Gasteiger partial charge in [-0.05, 0) is 5.56 Å². The highest BCUT2D eigenvalue weighted by Gasteiger charge is 2.11. The summed E-state index contributed by atoms with van der Waals surface area (Å²) in [6.45, 7) is 0. The number of aliphatic carboxylic acids is 1. The second-order valence-electron chi connectivity index (χ2n) is 2.75. The molecule has 0 radical (unpaired) electrons. The third-order valence-electron chi connectivity index (χ3n) is 1.78. The number of rotatable bonds is 3. The summed E-state index contributed by atoms with van der Waals surface area (Å²) >= 11 is 0. The van der Waals surface area contributed by atoms with Gasteiger partial charge in [0.15, 0.2) is 0 Å². The quantitative estimate of drug-likeness (QED) is 0.598. The molecule has 0 aliphatic carbocycles. The Morgan fingerprint density at radius 1 is 1.27 bits per heavy atom. The number of carboxylic acids is 1. The topological polar surface area (TPSA) is 63.6 Å². The van der Waals surface area contributed by atoms with Crippen molar-refractivity contribution in [1.29, 1.82) is 0 Å². The van der Waals surface area contributed by atoms with Gasteiger partial charge in [-0.3, -0.25) is 0 Å². The van der Waals surface area contributed by atoms with Gasteiger partial charge in [-0.15, -0.1) is 0 Å². The molecule has 1 N–H and O–H groups in total. The molecule has 1 aromatic carbocycles. The molecule has 4 nitrogen and oxygen atoms in total. The Morgan fingerprint density at radius 3 is 2.33 bits per heavy atom. The van der Waals surface area contributed by atoms with E-state index in [4.69, 9.17) is 5.11 Å². The Bertz CT molecular complexity index is 392. The predicted octanol–water partition coefficient (Wildman–Crippen LogP) is 1.33. The zero-order valence-electron chi connectivity index (χ0n) is 8.14. The van der Waals surface area contributed by atoms with Gasteiger partial charge in [-0.25, -0.2) is 9.59 Å². The zero-order valence-corrected chi connectivity index (χ0v) is 8.14. The molecule has 1 aromatic rings. The lowest BCUT2D eigenvalue weighted by atomic mass is 10.1. The molecule has 0 aliphatic rings. The molecule has 0 amide bonds. The Labute approximate surface area is 86.8 Å². The second-order valence-corrected chi connectivity index (χ2v) is 2.75. The summed E-state index contributed by atoms with van der Waals surface area (Å²) in [5, 5.41) is 8.90. The molecule has 15 heavy (non-hydrogen) atoms. The van der Waals surface area contributed by atoms with Crippen LogP contribution in [0.4, 0.5) is 0 Å². The standard InChI is InChI=1S/C11H10O4/c1-15-10(12)7-9(11(13)14)8-5-3-2-4-6-8/h2-7H,1H3,(H,13,14). The van der Waals surface area contributed by atoms with Crippen LogP contribution in [0, 0.1) is 0 Å². The molecule has 0 heterocycles. The van der Waals surface area contributed by atoms with Crippen LogP contribution in [0.2, 0.25) is 0 Å². The number of hydrogen-bond acceptors (Lipinski definition) is 3. The van der Waals surface area contributed by atoms with Crippen molar-refractivity contribution in [2.24, 2.45) is 0 Å². The minimum Gasteiger partial charge on any atom is -0.478 e. The highest BCUT2D eigenvalue weighted by molar-refractivity contribution is 6.19. The van der Waals surface area contributed by atoms with Crippen molar-refractivity contribution in [2.45, 2.75) is 0 Å². The molecule has 0 aromatic heterocycles. The van der Waals surface area contributed by atoms with E-state index in [2.05, 4.69) is 4.74 Å². The maximum absolute atomic E-state index is 10.9. The second kappa shape index (κ2) is 4.95. The van der Waals surface area contributed by atoms with Crippen LogP contribution in [0.5, 0.6) is 0 Å². The molecular formula is C11H10O4. The number of carboxylic acid groups (broad SMARTS) is 1. The molecule has 1 rings (SSSR count). The van der Waals surface area contributed by atoms with E-state index in [1.807, 2.05) is 0 Å². The van der Waals surface area contributed by atoms with Crippen molar-refractivity contribution in [1.82, 2.24) is 0 Å². The summed E-state index contributed by atoms with van der Waals surface area (Å²) in [7, 11) is 1.20. The van der Waals surface area contributed by atoms with Crippen molar-refractivity contribution >= 4 is 17.5 Å². The Hall–Kier alpha value is -2.10. The van der Waals surface area contributed by atoms with E-state index in [1.165, 1.54) is 7.11 Å². The number of ether oxygens (including phenoxy) is 1. The molecule has 0 saturated carbocycles. The third-order valence-corrected chi connectivity index (χ3v) is 1.78. The molecule has 0 bridgehead atoms. The van der Waals surface area contributed by atoms with E-state index in [1.54, 1.807) is 30.3 Å². The number of hydrogen-bond donors (Lipinski definition) is 1. The zero-order chi connectivity index (χ0) is 11.3. The highest BCUT2D eigenvalue weighted by Crippen LogP contribution is 2.13. The van der Waals surface area contributed by atoms with E-state index in [0.29, 0.717) is 5.56 Å². The molecule has 0 atom stereocenters. The smallest absolute Gasteiger partial charge is 0.336 e. The van der Waals surface area contributed by atoms with Crippen LogP contribution >= 0.6 is 0 Å². The average molecular weight is 206 g/mol. The molecule has 0 unspecified atom stereocenters. The minimum absolute atomic E-state index is 0.0811. The summed E-state index contributed by atoms with van der Waals surface area (Å²) in [5.74, 6) is -1.84. The number of carbonyl (C=O) groups excluding carboxylic acids is 1. The van der Waals surface area contributed by atoms with Gasteiger partial charge >= 0.3 is 11.9 Å². The van der Waals surface area contributed by atoms with Gasteiger partial charge in [0.2, 0.25) is 0 Å². The fourth-order valence-electron chi connectivity index (χ4n) is 1.06. The lowest BCUT2D eigenvalue weighted by Crippen LogP contribution is -2.04. The molecular weight excluding hydrogens is 196 g/mol. The monoisotopic (exact) mass is 206 g/mol. The highest BCUT2D eigenvalue weighted by atomic mass is 16.5. The van der Waals surface area contributed by atoms with E-state index < -0.39 is 11.9 Å². The van der Waals surface area contributed by atoms with Gasteiger partial charge in [0.05, 0.1) is 12.7 Å². The normalized spacial score (nSPS) is 10.9. The van der Waals surface area contributed by atoms with Gasteiger partial charge in [-0.2, -0.15) is 0 Å². The third kappa shape index (κ3) is 2.95. The number of esters is 1.